The Morgan fingerprint density at radius 3 is 2.20 bits per heavy atom. The normalized spacial score (nSPS) is 17.7. The maximum absolute atomic E-state index is 5.99. The molecule has 10 heavy (non-hydrogen) atoms. The molecule has 0 aromatic rings. The molecular weight excluding hydrogens is 148 g/mol. The van der Waals surface area contributed by atoms with E-state index in [4.69, 9.17) is 11.6 Å². The van der Waals surface area contributed by atoms with Crippen molar-refractivity contribution in [1.82, 2.24) is 4.90 Å². The molecule has 1 fully saturated rings. The molecule has 2 nitrogen and oxygen atoms in total. The summed E-state index contributed by atoms with van der Waals surface area (Å²) in [5, 5.41) is 0.873. The quantitative estimate of drug-likeness (QED) is 0.222. The van der Waals surface area contributed by atoms with Gasteiger partial charge in [-0.25, -0.2) is 0 Å². The third kappa shape index (κ3) is 1.63. The molecule has 0 N–H and O–H groups in total. The molecule has 58 valence electrons. The van der Waals surface area contributed by atoms with Crippen LogP contribution in [0.5, 0.6) is 0 Å². The van der Waals surface area contributed by atoms with E-state index < -0.39 is 0 Å². The Hall–Kier alpha value is -0.240. The van der Waals surface area contributed by atoms with Crippen LogP contribution in [0, 0.1) is 0 Å². The molecule has 0 spiro atoms. The van der Waals surface area contributed by atoms with Gasteiger partial charge in [-0.15, -0.1) is 0 Å². The second-order valence-corrected chi connectivity index (χ2v) is 3.20. The van der Waals surface area contributed by atoms with E-state index in [1.807, 2.05) is 18.7 Å². The molecule has 1 heterocycles. The van der Waals surface area contributed by atoms with Crippen molar-refractivity contribution >= 4 is 16.9 Å². The minimum Gasteiger partial charge on any atom is -0.257 e. The molecule has 1 rings (SSSR count). The number of hydrogen-bond donors (Lipinski definition) is 0. The Bertz CT molecular complexity index is 144. The summed E-state index contributed by atoms with van der Waals surface area (Å²) < 4.78 is 1.95. The average molecular weight is 162 g/mol. The van der Waals surface area contributed by atoms with Gasteiger partial charge in [0, 0.05) is 11.6 Å². The highest BCUT2D eigenvalue weighted by atomic mass is 35.5. The average Bonchev–Trinajstić information content (AvgIpc) is 2.36. The predicted octanol–water partition coefficient (Wildman–Crippen LogP) is 0.949. The number of halogens is 1. The number of hydrogen-bond acceptors (Lipinski definition) is 0. The topological polar surface area (TPSA) is 6.25 Å². The maximum Gasteiger partial charge on any atom is 0.344 e. The highest BCUT2D eigenvalue weighted by molar-refractivity contribution is 6.63. The summed E-state index contributed by atoms with van der Waals surface area (Å²) in [5.74, 6) is 0. The Kier molecular flexibility index (Phi) is 2.55. The molecule has 0 unspecified atom stereocenters. The summed E-state index contributed by atoms with van der Waals surface area (Å²) in [4.78, 5) is 2.21. The number of likely N-dealkylation sites (tertiary alicyclic amines) is 1. The summed E-state index contributed by atoms with van der Waals surface area (Å²) in [6, 6.07) is 0. The lowest BCUT2D eigenvalue weighted by Crippen LogP contribution is -2.29. The number of amidine groups is 1. The highest BCUT2D eigenvalue weighted by Crippen LogP contribution is 2.09. The van der Waals surface area contributed by atoms with Crippen molar-refractivity contribution in [1.29, 1.82) is 0 Å². The van der Waals surface area contributed by atoms with Crippen LogP contribution in [0.2, 0.25) is 0 Å². The molecule has 0 amide bonds. The summed E-state index contributed by atoms with van der Waals surface area (Å²) in [6.45, 7) is 2.24. The molecule has 0 aromatic heterocycles. The molecule has 0 bridgehead atoms. The molecule has 0 atom stereocenters. The van der Waals surface area contributed by atoms with Crippen LogP contribution in [-0.4, -0.2) is 42.0 Å². The molecule has 0 radical (unpaired) electrons. The molecule has 1 saturated heterocycles. The van der Waals surface area contributed by atoms with Crippen LogP contribution in [0.15, 0.2) is 0 Å². The summed E-state index contributed by atoms with van der Waals surface area (Å²) in [5.41, 5.74) is 0. The van der Waals surface area contributed by atoms with Crippen molar-refractivity contribution in [3.8, 4) is 0 Å². The van der Waals surface area contributed by atoms with Crippen LogP contribution in [0.4, 0.5) is 0 Å². The summed E-state index contributed by atoms with van der Waals surface area (Å²) in [6.07, 6.45) is 2.56. The van der Waals surface area contributed by atoms with Gasteiger partial charge in [-0.2, -0.15) is 0 Å². The van der Waals surface area contributed by atoms with Gasteiger partial charge in [0.15, 0.2) is 0 Å². The van der Waals surface area contributed by atoms with Crippen LogP contribution in [0.1, 0.15) is 12.8 Å². The van der Waals surface area contributed by atoms with Gasteiger partial charge in [-0.05, 0) is 12.8 Å². The van der Waals surface area contributed by atoms with Gasteiger partial charge < -0.3 is 0 Å². The van der Waals surface area contributed by atoms with E-state index in [0.29, 0.717) is 0 Å². The van der Waals surface area contributed by atoms with Crippen LogP contribution in [-0.2, 0) is 0 Å². The van der Waals surface area contributed by atoms with E-state index in [1.54, 1.807) is 0 Å². The SMILES string of the molecule is C[N+](C)=C(Cl)N1CCCC1. The van der Waals surface area contributed by atoms with Crippen molar-refractivity contribution in [3.05, 3.63) is 0 Å². The zero-order valence-corrected chi connectivity index (χ0v) is 7.36. The standard InChI is InChI=1S/C7H14ClN2/c1-9(2)7(8)10-5-3-4-6-10/h3-6H2,1-2H3/q+1. The molecule has 3 heteroatoms. The van der Waals surface area contributed by atoms with Crippen molar-refractivity contribution in [2.45, 2.75) is 12.8 Å². The maximum atomic E-state index is 5.99. The van der Waals surface area contributed by atoms with Crippen molar-refractivity contribution in [2.75, 3.05) is 27.2 Å². The highest BCUT2D eigenvalue weighted by Gasteiger charge is 2.21. The Morgan fingerprint density at radius 2 is 1.80 bits per heavy atom. The predicted molar refractivity (Wildman–Crippen MR) is 43.8 cm³/mol. The van der Waals surface area contributed by atoms with E-state index >= 15 is 0 Å². The van der Waals surface area contributed by atoms with Gasteiger partial charge in [0.2, 0.25) is 0 Å². The van der Waals surface area contributed by atoms with Crippen molar-refractivity contribution < 1.29 is 4.58 Å². The fourth-order valence-corrected chi connectivity index (χ4v) is 1.35. The van der Waals surface area contributed by atoms with Gasteiger partial charge in [-0.3, -0.25) is 9.48 Å². The second-order valence-electron chi connectivity index (χ2n) is 2.86. The van der Waals surface area contributed by atoms with Gasteiger partial charge >= 0.3 is 5.29 Å². The monoisotopic (exact) mass is 161 g/mol. The van der Waals surface area contributed by atoms with Gasteiger partial charge in [0.1, 0.15) is 0 Å². The van der Waals surface area contributed by atoms with E-state index in [9.17, 15) is 0 Å². The lowest BCUT2D eigenvalue weighted by Gasteiger charge is -2.07. The molecule has 0 aliphatic carbocycles. The van der Waals surface area contributed by atoms with E-state index in [2.05, 4.69) is 4.90 Å². The fourth-order valence-electron chi connectivity index (χ4n) is 1.18. The molecule has 1 aliphatic heterocycles. The molecule has 0 aromatic carbocycles. The first-order valence-corrected chi connectivity index (χ1v) is 4.04. The summed E-state index contributed by atoms with van der Waals surface area (Å²) >= 11 is 5.99. The zero-order valence-electron chi connectivity index (χ0n) is 6.60. The van der Waals surface area contributed by atoms with Crippen LogP contribution in [0.25, 0.3) is 0 Å². The third-order valence-electron chi connectivity index (χ3n) is 1.74. The van der Waals surface area contributed by atoms with Gasteiger partial charge in [0.25, 0.3) is 0 Å². The first-order chi connectivity index (χ1) is 4.72. The first kappa shape index (κ1) is 7.86. The number of rotatable bonds is 0. The lowest BCUT2D eigenvalue weighted by atomic mass is 10.4. The third-order valence-corrected chi connectivity index (χ3v) is 2.31. The van der Waals surface area contributed by atoms with E-state index in [0.717, 1.165) is 18.4 Å². The fraction of sp³-hybridized carbons (Fsp3) is 0.857. The smallest absolute Gasteiger partial charge is 0.257 e. The van der Waals surface area contributed by atoms with Crippen LogP contribution in [0.3, 0.4) is 0 Å². The molecule has 0 saturated carbocycles. The lowest BCUT2D eigenvalue weighted by molar-refractivity contribution is -0.467. The Labute approximate surface area is 67.1 Å². The van der Waals surface area contributed by atoms with Crippen LogP contribution >= 0.6 is 11.6 Å². The van der Waals surface area contributed by atoms with Gasteiger partial charge in [-0.1, -0.05) is 0 Å². The minimum absolute atomic E-state index is 0.873. The first-order valence-electron chi connectivity index (χ1n) is 3.66. The Balaban J connectivity index is 2.56. The van der Waals surface area contributed by atoms with Gasteiger partial charge in [0.05, 0.1) is 27.2 Å². The zero-order chi connectivity index (χ0) is 7.56. The summed E-state index contributed by atoms with van der Waals surface area (Å²) in [7, 11) is 3.95. The van der Waals surface area contributed by atoms with E-state index in [1.165, 1.54) is 12.8 Å². The molecular formula is C7H14ClN2+. The van der Waals surface area contributed by atoms with E-state index in [-0.39, 0.29) is 0 Å². The van der Waals surface area contributed by atoms with Crippen LogP contribution < -0.4 is 0 Å². The van der Waals surface area contributed by atoms with Crippen molar-refractivity contribution in [2.24, 2.45) is 0 Å². The molecule has 1 aliphatic rings. The number of nitrogens with zero attached hydrogens (tertiary/aromatic N) is 2. The minimum atomic E-state index is 0.873. The second kappa shape index (κ2) is 3.24. The largest absolute Gasteiger partial charge is 0.344 e. The van der Waals surface area contributed by atoms with Crippen molar-refractivity contribution in [3.63, 3.8) is 0 Å². The Morgan fingerprint density at radius 1 is 1.30 bits per heavy atom.